The number of methoxy groups -OCH3 is 1. The van der Waals surface area contributed by atoms with E-state index in [9.17, 15) is 4.21 Å². The van der Waals surface area contributed by atoms with Gasteiger partial charge < -0.3 is 19.7 Å². The molecule has 0 spiro atoms. The van der Waals surface area contributed by atoms with Crippen molar-refractivity contribution in [3.05, 3.63) is 0 Å². The van der Waals surface area contributed by atoms with E-state index < -0.39 is 10.8 Å². The van der Waals surface area contributed by atoms with Gasteiger partial charge in [-0.1, -0.05) is 0 Å². The van der Waals surface area contributed by atoms with Gasteiger partial charge in [-0.25, -0.2) is 0 Å². The minimum Gasteiger partial charge on any atom is -0.385 e. The maximum Gasteiger partial charge on any atom is 0.193 e. The number of piperidine rings is 1. The predicted octanol–water partition coefficient (Wildman–Crippen LogP) is 2.24. The van der Waals surface area contributed by atoms with Crippen LogP contribution in [0.4, 0.5) is 0 Å². The number of aliphatic imine (C=N–C) groups is 1. The van der Waals surface area contributed by atoms with E-state index >= 15 is 0 Å². The lowest BCUT2D eigenvalue weighted by Gasteiger charge is -2.34. The highest BCUT2D eigenvalue weighted by molar-refractivity contribution is 14.0. The van der Waals surface area contributed by atoms with Crippen LogP contribution < -0.4 is 5.32 Å². The second kappa shape index (κ2) is 13.3. The molecule has 0 radical (unpaired) electrons. The van der Waals surface area contributed by atoms with Crippen molar-refractivity contribution in [3.8, 4) is 0 Å². The van der Waals surface area contributed by atoms with Gasteiger partial charge in [-0.3, -0.25) is 9.20 Å². The minimum atomic E-state index is -0.838. The second-order valence-corrected chi connectivity index (χ2v) is 9.36. The monoisotopic (exact) mass is 489 g/mol. The van der Waals surface area contributed by atoms with E-state index in [0.717, 1.165) is 51.5 Å². The van der Waals surface area contributed by atoms with Gasteiger partial charge in [0.1, 0.15) is 0 Å². The van der Waals surface area contributed by atoms with Crippen molar-refractivity contribution in [2.45, 2.75) is 50.9 Å². The van der Waals surface area contributed by atoms with E-state index in [1.165, 1.54) is 0 Å². The van der Waals surface area contributed by atoms with E-state index in [4.69, 9.17) is 9.47 Å². The summed E-state index contributed by atoms with van der Waals surface area (Å²) in [6, 6.07) is 0. The summed E-state index contributed by atoms with van der Waals surface area (Å²) in [5.41, 5.74) is 0. The number of likely N-dealkylation sites (tertiary alicyclic amines) is 1. The Hall–Kier alpha value is 0.0700. The molecule has 1 aliphatic rings. The number of guanidine groups is 1. The largest absolute Gasteiger partial charge is 0.385 e. The first-order valence-corrected chi connectivity index (χ1v) is 10.1. The van der Waals surface area contributed by atoms with Crippen LogP contribution in [0.1, 0.15) is 40.0 Å². The Morgan fingerprint density at radius 2 is 1.92 bits per heavy atom. The lowest BCUT2D eigenvalue weighted by Crippen LogP contribution is -2.48. The van der Waals surface area contributed by atoms with Crippen molar-refractivity contribution < 1.29 is 13.7 Å². The Bertz CT molecular complexity index is 408. The van der Waals surface area contributed by atoms with Gasteiger partial charge in [-0.2, -0.15) is 0 Å². The Kier molecular flexibility index (Phi) is 13.3. The summed E-state index contributed by atoms with van der Waals surface area (Å²) in [6.45, 7) is 10.1. The summed E-state index contributed by atoms with van der Waals surface area (Å²) in [4.78, 5) is 6.62. The average molecular weight is 489 g/mol. The van der Waals surface area contributed by atoms with Crippen LogP contribution in [0.25, 0.3) is 0 Å². The van der Waals surface area contributed by atoms with Gasteiger partial charge in [-0.05, 0) is 40.0 Å². The van der Waals surface area contributed by atoms with Crippen LogP contribution in [0.2, 0.25) is 0 Å². The molecule has 1 rings (SSSR count). The molecule has 1 saturated heterocycles. The predicted molar refractivity (Wildman–Crippen MR) is 117 cm³/mol. The standard InChI is InChI=1S/C17H35N3O3S.HI/c1-17(2,3)24(21)14-9-19-16(18-4)20-10-7-15(8-11-20)23-13-6-12-22-5;/h15H,6-14H2,1-5H3,(H,18,19);1H. The Morgan fingerprint density at radius 1 is 1.28 bits per heavy atom. The first-order chi connectivity index (χ1) is 11.4. The third-order valence-corrected chi connectivity index (χ3v) is 5.99. The van der Waals surface area contributed by atoms with E-state index in [-0.39, 0.29) is 28.7 Å². The van der Waals surface area contributed by atoms with Gasteiger partial charge in [0, 0.05) is 68.3 Å². The summed E-state index contributed by atoms with van der Waals surface area (Å²) in [5, 5.41) is 3.34. The molecule has 0 saturated carbocycles. The molecule has 0 aliphatic carbocycles. The van der Waals surface area contributed by atoms with Crippen molar-refractivity contribution >= 4 is 40.7 Å². The van der Waals surface area contributed by atoms with Gasteiger partial charge >= 0.3 is 0 Å². The number of nitrogens with one attached hydrogen (secondary N) is 1. The van der Waals surface area contributed by atoms with Gasteiger partial charge in [0.15, 0.2) is 5.96 Å². The number of hydrogen-bond donors (Lipinski definition) is 1. The van der Waals surface area contributed by atoms with Crippen LogP contribution in [-0.2, 0) is 20.3 Å². The molecule has 0 aromatic carbocycles. The van der Waals surface area contributed by atoms with Crippen LogP contribution in [0.3, 0.4) is 0 Å². The van der Waals surface area contributed by atoms with Gasteiger partial charge in [0.2, 0.25) is 0 Å². The SMILES string of the molecule is CN=C(NCCS(=O)C(C)(C)C)N1CCC(OCCCOC)CC1.I. The van der Waals surface area contributed by atoms with E-state index in [1.54, 1.807) is 14.2 Å². The molecule has 8 heteroatoms. The summed E-state index contributed by atoms with van der Waals surface area (Å²) in [7, 11) is 2.68. The molecule has 0 aromatic rings. The normalized spacial score (nSPS) is 18.0. The quantitative estimate of drug-likeness (QED) is 0.245. The van der Waals surface area contributed by atoms with E-state index in [1.807, 2.05) is 20.8 Å². The summed E-state index contributed by atoms with van der Waals surface area (Å²) >= 11 is 0. The van der Waals surface area contributed by atoms with Crippen LogP contribution in [0.15, 0.2) is 4.99 Å². The fourth-order valence-electron chi connectivity index (χ4n) is 2.58. The highest BCUT2D eigenvalue weighted by atomic mass is 127. The summed E-state index contributed by atoms with van der Waals surface area (Å²) in [6.07, 6.45) is 3.32. The number of ether oxygens (including phenoxy) is 2. The smallest absolute Gasteiger partial charge is 0.193 e. The van der Waals surface area contributed by atoms with Crippen molar-refractivity contribution in [2.75, 3.05) is 52.8 Å². The summed E-state index contributed by atoms with van der Waals surface area (Å²) < 4.78 is 22.9. The molecule has 1 N–H and O–H groups in total. The fourth-order valence-corrected chi connectivity index (χ4v) is 3.48. The lowest BCUT2D eigenvalue weighted by molar-refractivity contribution is 0.00993. The molecule has 0 amide bonds. The zero-order valence-corrected chi connectivity index (χ0v) is 19.5. The molecule has 0 aromatic heterocycles. The van der Waals surface area contributed by atoms with Crippen LogP contribution in [0, 0.1) is 0 Å². The number of halogens is 1. The first-order valence-electron chi connectivity index (χ1n) is 8.83. The third kappa shape index (κ3) is 10.1. The van der Waals surface area contributed by atoms with Crippen molar-refractivity contribution in [1.82, 2.24) is 10.2 Å². The second-order valence-electron chi connectivity index (χ2n) is 7.04. The van der Waals surface area contributed by atoms with Gasteiger partial charge in [0.25, 0.3) is 0 Å². The fraction of sp³-hybridized carbons (Fsp3) is 0.941. The Morgan fingerprint density at radius 3 is 2.44 bits per heavy atom. The van der Waals surface area contributed by atoms with E-state index in [0.29, 0.717) is 18.4 Å². The molecule has 0 bridgehead atoms. The molecule has 1 heterocycles. The van der Waals surface area contributed by atoms with Crippen LogP contribution in [-0.4, -0.2) is 78.7 Å². The topological polar surface area (TPSA) is 63.2 Å². The van der Waals surface area contributed by atoms with E-state index in [2.05, 4.69) is 15.2 Å². The zero-order chi connectivity index (χ0) is 18.0. The molecule has 25 heavy (non-hydrogen) atoms. The first kappa shape index (κ1) is 25.1. The Labute approximate surface area is 173 Å². The zero-order valence-electron chi connectivity index (χ0n) is 16.4. The minimum absolute atomic E-state index is 0. The highest BCUT2D eigenvalue weighted by Crippen LogP contribution is 2.14. The molecule has 150 valence electrons. The molecule has 1 fully saturated rings. The van der Waals surface area contributed by atoms with Gasteiger partial charge in [0.05, 0.1) is 6.10 Å². The third-order valence-electron chi connectivity index (χ3n) is 4.05. The van der Waals surface area contributed by atoms with Crippen molar-refractivity contribution in [3.63, 3.8) is 0 Å². The van der Waals surface area contributed by atoms with Crippen molar-refractivity contribution in [2.24, 2.45) is 4.99 Å². The molecular weight excluding hydrogens is 453 g/mol. The molecular formula is C17H36IN3O3S. The summed E-state index contributed by atoms with van der Waals surface area (Å²) in [5.74, 6) is 1.54. The maximum absolute atomic E-state index is 12.1. The van der Waals surface area contributed by atoms with Crippen LogP contribution in [0.5, 0.6) is 0 Å². The van der Waals surface area contributed by atoms with Crippen molar-refractivity contribution in [1.29, 1.82) is 0 Å². The van der Waals surface area contributed by atoms with Crippen LogP contribution >= 0.6 is 24.0 Å². The lowest BCUT2D eigenvalue weighted by atomic mass is 10.1. The highest BCUT2D eigenvalue weighted by Gasteiger charge is 2.22. The molecule has 1 atom stereocenters. The average Bonchev–Trinajstić information content (AvgIpc) is 2.55. The maximum atomic E-state index is 12.1. The molecule has 1 aliphatic heterocycles. The number of nitrogens with zero attached hydrogens (tertiary/aromatic N) is 2. The molecule has 1 unspecified atom stereocenters. The Balaban J connectivity index is 0.00000576. The molecule has 6 nitrogen and oxygen atoms in total. The number of hydrogen-bond acceptors (Lipinski definition) is 4. The number of rotatable bonds is 8. The van der Waals surface area contributed by atoms with Gasteiger partial charge in [-0.15, -0.1) is 24.0 Å².